The zero-order valence-corrected chi connectivity index (χ0v) is 8.63. The molecule has 1 aliphatic carbocycles. The maximum absolute atomic E-state index is 10.9. The van der Waals surface area contributed by atoms with Gasteiger partial charge in [-0.1, -0.05) is 13.8 Å². The molecular formula is C10H18O3. The van der Waals surface area contributed by atoms with Crippen LogP contribution in [0.5, 0.6) is 0 Å². The van der Waals surface area contributed by atoms with Crippen molar-refractivity contribution in [3.8, 4) is 0 Å². The summed E-state index contributed by atoms with van der Waals surface area (Å²) in [5.74, 6) is 0.442. The van der Waals surface area contributed by atoms with E-state index in [4.69, 9.17) is 0 Å². The van der Waals surface area contributed by atoms with Crippen LogP contribution in [0.4, 0.5) is 0 Å². The van der Waals surface area contributed by atoms with Gasteiger partial charge in [-0.15, -0.1) is 0 Å². The van der Waals surface area contributed by atoms with E-state index >= 15 is 0 Å². The molecule has 0 unspecified atom stereocenters. The fourth-order valence-electron chi connectivity index (χ4n) is 1.24. The lowest BCUT2D eigenvalue weighted by Gasteiger charge is -2.12. The van der Waals surface area contributed by atoms with Gasteiger partial charge in [0.15, 0.2) is 0 Å². The second-order valence-electron chi connectivity index (χ2n) is 3.71. The van der Waals surface area contributed by atoms with Gasteiger partial charge in [0.25, 0.3) is 6.47 Å². The Bertz CT molecular complexity index is 173. The highest BCUT2D eigenvalue weighted by atomic mass is 16.5. The van der Waals surface area contributed by atoms with Crippen LogP contribution in [0.3, 0.4) is 0 Å². The second-order valence-corrected chi connectivity index (χ2v) is 3.71. The van der Waals surface area contributed by atoms with Crippen molar-refractivity contribution in [2.45, 2.75) is 40.0 Å². The lowest BCUT2D eigenvalue weighted by molar-refractivity contribution is -0.128. The van der Waals surface area contributed by atoms with Gasteiger partial charge in [-0.3, -0.25) is 9.59 Å². The van der Waals surface area contributed by atoms with Crippen LogP contribution < -0.4 is 0 Å². The fraction of sp³-hybridized carbons (Fsp3) is 0.800. The minimum Gasteiger partial charge on any atom is -0.468 e. The van der Waals surface area contributed by atoms with Gasteiger partial charge in [0.05, 0.1) is 6.61 Å². The quantitative estimate of drug-likeness (QED) is 0.619. The fourth-order valence-corrected chi connectivity index (χ4v) is 1.24. The van der Waals surface area contributed by atoms with Crippen molar-refractivity contribution in [3.05, 3.63) is 0 Å². The smallest absolute Gasteiger partial charge is 0.293 e. The zero-order chi connectivity index (χ0) is 10.3. The summed E-state index contributed by atoms with van der Waals surface area (Å²) in [5.41, 5.74) is 0.0139. The average Bonchev–Trinajstić information content (AvgIpc) is 2.33. The van der Waals surface area contributed by atoms with Crippen molar-refractivity contribution in [3.63, 3.8) is 0 Å². The largest absolute Gasteiger partial charge is 0.468 e. The number of ether oxygens (including phenoxy) is 1. The Kier molecular flexibility index (Phi) is 5.35. The molecule has 1 aliphatic rings. The molecule has 0 aromatic heterocycles. The molecule has 0 bridgehead atoms. The van der Waals surface area contributed by atoms with E-state index in [1.54, 1.807) is 6.92 Å². The van der Waals surface area contributed by atoms with Gasteiger partial charge in [0, 0.05) is 11.8 Å². The Morgan fingerprint density at radius 2 is 2.15 bits per heavy atom. The second kappa shape index (κ2) is 5.73. The third kappa shape index (κ3) is 4.65. The first-order chi connectivity index (χ1) is 6.04. The minimum atomic E-state index is 0.0139. The summed E-state index contributed by atoms with van der Waals surface area (Å²) >= 11 is 0. The predicted molar refractivity (Wildman–Crippen MR) is 50.3 cm³/mol. The molecule has 0 radical (unpaired) electrons. The van der Waals surface area contributed by atoms with Crippen LogP contribution in [0.1, 0.15) is 40.0 Å². The third-order valence-corrected chi connectivity index (χ3v) is 2.20. The van der Waals surface area contributed by atoms with E-state index in [1.807, 2.05) is 13.8 Å². The van der Waals surface area contributed by atoms with Crippen molar-refractivity contribution in [1.82, 2.24) is 0 Å². The molecule has 0 atom stereocenters. The molecule has 1 rings (SSSR count). The predicted octanol–water partition coefficient (Wildman–Crippen LogP) is 1.94. The highest BCUT2D eigenvalue weighted by Crippen LogP contribution is 2.32. The van der Waals surface area contributed by atoms with Gasteiger partial charge >= 0.3 is 0 Å². The Morgan fingerprint density at radius 1 is 1.54 bits per heavy atom. The molecule has 0 N–H and O–H groups in total. The van der Waals surface area contributed by atoms with Crippen LogP contribution in [0.15, 0.2) is 0 Å². The van der Waals surface area contributed by atoms with Crippen LogP contribution in [0.2, 0.25) is 0 Å². The van der Waals surface area contributed by atoms with Crippen molar-refractivity contribution >= 4 is 12.3 Å². The number of rotatable bonds is 2. The minimum absolute atomic E-state index is 0.0139. The third-order valence-electron chi connectivity index (χ3n) is 2.20. The Hall–Kier alpha value is -0.860. The van der Waals surface area contributed by atoms with Gasteiger partial charge in [-0.2, -0.15) is 0 Å². The molecule has 0 aromatic carbocycles. The average molecular weight is 186 g/mol. The molecule has 3 nitrogen and oxygen atoms in total. The molecule has 3 heteroatoms. The molecule has 0 amide bonds. The van der Waals surface area contributed by atoms with E-state index in [2.05, 4.69) is 4.74 Å². The summed E-state index contributed by atoms with van der Waals surface area (Å²) in [7, 11) is 0. The molecule has 0 heterocycles. The molecule has 1 fully saturated rings. The highest BCUT2D eigenvalue weighted by Gasteiger charge is 2.31. The molecule has 0 aromatic rings. The number of hydrogen-bond acceptors (Lipinski definition) is 3. The van der Waals surface area contributed by atoms with Crippen molar-refractivity contribution in [1.29, 1.82) is 0 Å². The first-order valence-electron chi connectivity index (χ1n) is 4.63. The maximum Gasteiger partial charge on any atom is 0.293 e. The van der Waals surface area contributed by atoms with Gasteiger partial charge in [-0.05, 0) is 19.8 Å². The maximum atomic E-state index is 10.9. The van der Waals surface area contributed by atoms with Gasteiger partial charge in [-0.25, -0.2) is 0 Å². The summed E-state index contributed by atoms with van der Waals surface area (Å²) in [6.07, 6.45) is 3.00. The zero-order valence-electron chi connectivity index (χ0n) is 8.63. The number of ketones is 1. The molecule has 1 saturated carbocycles. The van der Waals surface area contributed by atoms with E-state index in [9.17, 15) is 9.59 Å². The molecule has 76 valence electrons. The molecule has 0 aliphatic heterocycles. The summed E-state index contributed by atoms with van der Waals surface area (Å²) in [6.45, 7) is 6.72. The van der Waals surface area contributed by atoms with Crippen LogP contribution in [-0.4, -0.2) is 18.9 Å². The van der Waals surface area contributed by atoms with Gasteiger partial charge in [0.2, 0.25) is 0 Å². The van der Waals surface area contributed by atoms with Crippen molar-refractivity contribution in [2.24, 2.45) is 5.41 Å². The first kappa shape index (κ1) is 12.1. The van der Waals surface area contributed by atoms with E-state index in [0.29, 0.717) is 18.9 Å². The lowest BCUT2D eigenvalue weighted by Crippen LogP contribution is -2.15. The Morgan fingerprint density at radius 3 is 2.23 bits per heavy atom. The summed E-state index contributed by atoms with van der Waals surface area (Å²) in [5, 5.41) is 0. The standard InChI is InChI=1S/C7H12O.C3H6O2/c1-7(2)5-3-4-6(7)8;1-2-5-3-4/h3-5H2,1-2H3;3H,2H2,1H3. The van der Waals surface area contributed by atoms with E-state index in [0.717, 1.165) is 19.3 Å². The normalized spacial score (nSPS) is 18.8. The SMILES string of the molecule is CC1(C)CCCC1=O.CCOC=O. The molecular weight excluding hydrogens is 168 g/mol. The van der Waals surface area contributed by atoms with Gasteiger partial charge in [0.1, 0.15) is 5.78 Å². The number of hydrogen-bond donors (Lipinski definition) is 0. The number of carbonyl (C=O) groups excluding carboxylic acids is 2. The van der Waals surface area contributed by atoms with E-state index in [-0.39, 0.29) is 5.41 Å². The summed E-state index contributed by atoms with van der Waals surface area (Å²) in [4.78, 5) is 20.1. The monoisotopic (exact) mass is 186 g/mol. The summed E-state index contributed by atoms with van der Waals surface area (Å²) < 4.78 is 4.15. The van der Waals surface area contributed by atoms with Crippen molar-refractivity contribution in [2.75, 3.05) is 6.61 Å². The van der Waals surface area contributed by atoms with E-state index < -0.39 is 0 Å². The molecule has 0 saturated heterocycles. The van der Waals surface area contributed by atoms with Crippen LogP contribution in [0.25, 0.3) is 0 Å². The number of carbonyl (C=O) groups is 2. The topological polar surface area (TPSA) is 43.4 Å². The van der Waals surface area contributed by atoms with Crippen LogP contribution >= 0.6 is 0 Å². The van der Waals surface area contributed by atoms with Crippen molar-refractivity contribution < 1.29 is 14.3 Å². The van der Waals surface area contributed by atoms with E-state index in [1.165, 1.54) is 0 Å². The first-order valence-corrected chi connectivity index (χ1v) is 4.63. The number of Topliss-reactive ketones (excluding diaryl/α,β-unsaturated/α-hetero) is 1. The van der Waals surface area contributed by atoms with Gasteiger partial charge < -0.3 is 4.74 Å². The van der Waals surface area contributed by atoms with Crippen LogP contribution in [0, 0.1) is 5.41 Å². The molecule has 13 heavy (non-hydrogen) atoms. The summed E-state index contributed by atoms with van der Waals surface area (Å²) in [6, 6.07) is 0. The highest BCUT2D eigenvalue weighted by molar-refractivity contribution is 5.85. The lowest BCUT2D eigenvalue weighted by atomic mass is 9.91. The molecule has 0 spiro atoms. The Balaban J connectivity index is 0.000000252. The Labute approximate surface area is 79.5 Å². The van der Waals surface area contributed by atoms with Crippen LogP contribution in [-0.2, 0) is 14.3 Å².